The molecule has 0 spiro atoms. The van der Waals surface area contributed by atoms with E-state index < -0.39 is 0 Å². The van der Waals surface area contributed by atoms with Crippen molar-refractivity contribution < 1.29 is 0 Å². The summed E-state index contributed by atoms with van der Waals surface area (Å²) in [5.41, 5.74) is 34.4. The number of hydrogen-bond acceptors (Lipinski definition) is 0. The molecule has 8 heteroatoms. The Kier molecular flexibility index (Phi) is 11.8. The second-order valence-electron chi connectivity index (χ2n) is 35.2. The number of hydrogen-bond donors (Lipinski definition) is 0. The summed E-state index contributed by atoms with van der Waals surface area (Å²) in [5, 5.41) is 30.4. The summed E-state index contributed by atoms with van der Waals surface area (Å²) >= 11 is 0. The highest BCUT2D eigenvalue weighted by Crippen LogP contribution is 2.58. The molecule has 0 aliphatic carbocycles. The molecule has 0 atom stereocenters. The Bertz CT molecular complexity index is 9940. The molecule has 12 aromatic heterocycles. The molecule has 0 aliphatic rings. The van der Waals surface area contributed by atoms with Gasteiger partial charge in [0, 0.05) is 152 Å². The third kappa shape index (κ3) is 7.51. The second-order valence-corrected chi connectivity index (χ2v) is 35.2. The third-order valence-electron chi connectivity index (χ3n) is 28.7. The molecular weight excluding hydrogens is 1480 g/mol. The van der Waals surface area contributed by atoms with E-state index in [-0.39, 0.29) is 11.8 Å². The van der Waals surface area contributed by atoms with Gasteiger partial charge in [-0.3, -0.25) is 0 Å². The Morgan fingerprint density at radius 1 is 0.164 bits per heavy atom. The van der Waals surface area contributed by atoms with Crippen LogP contribution in [0.4, 0.5) is 0 Å². The van der Waals surface area contributed by atoms with Crippen LogP contribution >= 0.6 is 0 Å². The van der Waals surface area contributed by atoms with Crippen molar-refractivity contribution in [2.24, 2.45) is 0 Å². The van der Waals surface area contributed by atoms with Crippen molar-refractivity contribution in [3.63, 3.8) is 0 Å². The highest BCUT2D eigenvalue weighted by molar-refractivity contribution is 6.42. The zero-order chi connectivity index (χ0) is 79.4. The molecule has 18 aromatic carbocycles. The van der Waals surface area contributed by atoms with Crippen LogP contribution in [-0.2, 0) is 0 Å². The molecule has 0 saturated heterocycles. The van der Waals surface area contributed by atoms with Crippen molar-refractivity contribution in [3.05, 3.63) is 351 Å². The molecule has 8 nitrogen and oxygen atoms in total. The molecule has 0 radical (unpaired) electrons. The Hall–Kier alpha value is -15.6. The lowest BCUT2D eigenvalue weighted by Gasteiger charge is -2.19. The Morgan fingerprint density at radius 3 is 1.01 bits per heavy atom. The van der Waals surface area contributed by atoms with Gasteiger partial charge >= 0.3 is 0 Å². The predicted octanol–water partition coefficient (Wildman–Crippen LogP) is 30.6. The van der Waals surface area contributed by atoms with Crippen LogP contribution in [0.2, 0.25) is 0 Å². The average molecular weight is 1550 g/mol. The Balaban J connectivity index is 0.741. The minimum Gasteiger partial charge on any atom is -0.309 e. The van der Waals surface area contributed by atoms with E-state index in [0.717, 1.165) is 22.7 Å². The standard InChI is InChI=1S/C114H70N8/c1-61(2)96-103-84-59-94-99(75-39-19-24-48-88(75)115(94)64-29-9-5-10-30-64)101-76-40-20-25-49-89(76)119(107(84)101)112(103)97(62(3)4)104-85-60-95-100(102-77-41-21-26-50-90(77)120(108(85)102)113(96)104)83-55-63(51-54-91(83)116(95)65-31-11-6-12-32-65)79-56-82-69-38-18-23-47-87(69)118(67-35-15-8-16-36-67)111(82)114-98(79)78-45-28-44-72-81-57-92-80(58-93(81)122(114)106(72)78)71-43-27-42-70-74-53-52-73-68-37-17-22-46-86(68)117(66-33-13-7-14-34-66)109(73)110(74)121(92)105(70)71/h5-62H,1-4H3. The molecule has 566 valence electrons. The fourth-order valence-corrected chi connectivity index (χ4v) is 24.4. The number of rotatable bonds is 7. The second kappa shape index (κ2) is 22.4. The molecule has 0 amide bonds. The summed E-state index contributed by atoms with van der Waals surface area (Å²) in [6.07, 6.45) is 0. The lowest BCUT2D eigenvalue weighted by atomic mass is 9.86. The van der Waals surface area contributed by atoms with Gasteiger partial charge in [-0.05, 0) is 155 Å². The van der Waals surface area contributed by atoms with Crippen molar-refractivity contribution >= 4 is 240 Å². The van der Waals surface area contributed by atoms with Gasteiger partial charge in [-0.1, -0.05) is 246 Å². The molecular formula is C114H70N8. The van der Waals surface area contributed by atoms with Gasteiger partial charge in [-0.25, -0.2) is 0 Å². The molecule has 0 bridgehead atoms. The predicted molar refractivity (Wildman–Crippen MR) is 516 cm³/mol. The van der Waals surface area contributed by atoms with E-state index in [1.54, 1.807) is 0 Å². The van der Waals surface area contributed by atoms with Gasteiger partial charge in [0.05, 0.1) is 110 Å². The van der Waals surface area contributed by atoms with Gasteiger partial charge in [0.25, 0.3) is 0 Å². The molecule has 0 saturated carbocycles. The highest BCUT2D eigenvalue weighted by atomic mass is 15.1. The first-order valence-corrected chi connectivity index (χ1v) is 43.1. The summed E-state index contributed by atoms with van der Waals surface area (Å²) in [4.78, 5) is 0. The van der Waals surface area contributed by atoms with Crippen LogP contribution in [0.25, 0.3) is 273 Å². The summed E-state index contributed by atoms with van der Waals surface area (Å²) in [7, 11) is 0. The molecule has 30 rings (SSSR count). The number of aromatic nitrogens is 8. The van der Waals surface area contributed by atoms with E-state index in [1.807, 2.05) is 0 Å². The van der Waals surface area contributed by atoms with Gasteiger partial charge < -0.3 is 35.9 Å². The summed E-state index contributed by atoms with van der Waals surface area (Å²) in [6, 6.07) is 129. The van der Waals surface area contributed by atoms with Gasteiger partial charge in [0.2, 0.25) is 0 Å². The fourth-order valence-electron chi connectivity index (χ4n) is 24.4. The maximum Gasteiger partial charge on any atom is 0.0795 e. The van der Waals surface area contributed by atoms with E-state index in [0.29, 0.717) is 0 Å². The van der Waals surface area contributed by atoms with Crippen LogP contribution in [0.1, 0.15) is 50.7 Å². The smallest absolute Gasteiger partial charge is 0.0795 e. The first-order chi connectivity index (χ1) is 60.3. The first kappa shape index (κ1) is 64.4. The SMILES string of the molecule is CC(C)c1c2c3cc4c(c5cc(-c6cc7c8ccccc8n(-c8ccccc8)c7c7c6c6cccc8c9cc%10c(cc9n7c86)c6cccc7c8ccc9c%11ccccc%11n(-c%11ccccc%11)c9c8n%10c67)ccc5n4-c4ccccc4)c4c5ccccc5n(c2c(C(C)C)c2c5cc6c(c7ccccc7n6-c6ccccc6)c6c7ccccc7n(c12)c56)c34. The van der Waals surface area contributed by atoms with Crippen LogP contribution in [0, 0.1) is 0 Å². The maximum absolute atomic E-state index is 2.75. The monoisotopic (exact) mass is 1550 g/mol. The Labute approximate surface area is 695 Å². The van der Waals surface area contributed by atoms with Crippen LogP contribution in [-0.4, -0.2) is 35.9 Å². The van der Waals surface area contributed by atoms with Crippen molar-refractivity contribution in [1.82, 2.24) is 35.9 Å². The normalized spacial score (nSPS) is 13.1. The number of para-hydroxylation sites is 11. The zero-order valence-corrected chi connectivity index (χ0v) is 67.1. The molecule has 122 heavy (non-hydrogen) atoms. The minimum atomic E-state index is 0.130. The lowest BCUT2D eigenvalue weighted by molar-refractivity contribution is 0.869. The molecule has 0 N–H and O–H groups in total. The highest BCUT2D eigenvalue weighted by Gasteiger charge is 2.36. The van der Waals surface area contributed by atoms with Crippen molar-refractivity contribution in [1.29, 1.82) is 0 Å². The zero-order valence-electron chi connectivity index (χ0n) is 67.1. The van der Waals surface area contributed by atoms with Crippen molar-refractivity contribution in [2.45, 2.75) is 39.5 Å². The van der Waals surface area contributed by atoms with E-state index in [1.165, 1.54) is 262 Å². The summed E-state index contributed by atoms with van der Waals surface area (Å²) < 4.78 is 21.0. The molecule has 0 aliphatic heterocycles. The largest absolute Gasteiger partial charge is 0.309 e. The van der Waals surface area contributed by atoms with Crippen LogP contribution in [0.5, 0.6) is 0 Å². The third-order valence-corrected chi connectivity index (χ3v) is 28.7. The van der Waals surface area contributed by atoms with Crippen LogP contribution < -0.4 is 0 Å². The van der Waals surface area contributed by atoms with E-state index in [4.69, 9.17) is 0 Å². The van der Waals surface area contributed by atoms with Gasteiger partial charge in [0.1, 0.15) is 0 Å². The number of fused-ring (bicyclic) bond motifs is 40. The molecule has 12 heterocycles. The van der Waals surface area contributed by atoms with E-state index in [9.17, 15) is 0 Å². The number of benzene rings is 18. The maximum atomic E-state index is 2.75. The topological polar surface area (TPSA) is 37.4 Å². The minimum absolute atomic E-state index is 0.130. The molecule has 0 fully saturated rings. The van der Waals surface area contributed by atoms with Crippen molar-refractivity contribution in [2.75, 3.05) is 0 Å². The van der Waals surface area contributed by atoms with Gasteiger partial charge in [-0.2, -0.15) is 0 Å². The average Bonchev–Trinajstić information content (AvgIpc) is 1.48. The summed E-state index contributed by atoms with van der Waals surface area (Å²) in [5.74, 6) is 0.259. The van der Waals surface area contributed by atoms with Gasteiger partial charge in [-0.15, -0.1) is 0 Å². The number of nitrogens with zero attached hydrogens (tertiary/aromatic N) is 8. The summed E-state index contributed by atoms with van der Waals surface area (Å²) in [6.45, 7) is 9.82. The van der Waals surface area contributed by atoms with Crippen LogP contribution in [0.3, 0.4) is 0 Å². The van der Waals surface area contributed by atoms with E-state index >= 15 is 0 Å². The van der Waals surface area contributed by atoms with Crippen LogP contribution in [0.15, 0.2) is 340 Å². The first-order valence-electron chi connectivity index (χ1n) is 43.1. The van der Waals surface area contributed by atoms with Gasteiger partial charge in [0.15, 0.2) is 0 Å². The molecule has 30 aromatic rings. The van der Waals surface area contributed by atoms with E-state index in [2.05, 4.69) is 403 Å². The quantitative estimate of drug-likeness (QED) is 0.153. The fraction of sp³-hybridized carbons (Fsp3) is 0.0526. The molecule has 0 unspecified atom stereocenters. The lowest BCUT2D eigenvalue weighted by Crippen LogP contribution is -2.01. The van der Waals surface area contributed by atoms with Crippen molar-refractivity contribution in [3.8, 4) is 33.9 Å². The Morgan fingerprint density at radius 2 is 0.508 bits per heavy atom.